The van der Waals surface area contributed by atoms with E-state index in [0.717, 1.165) is 6.42 Å². The van der Waals surface area contributed by atoms with Gasteiger partial charge < -0.3 is 0 Å². The van der Waals surface area contributed by atoms with Crippen LogP contribution in [0.15, 0.2) is 35.5 Å². The molecule has 0 unspecified atom stereocenters. The van der Waals surface area contributed by atoms with E-state index < -0.39 is 0 Å². The summed E-state index contributed by atoms with van der Waals surface area (Å²) in [6, 6.07) is 0. The number of rotatable bonds is 9. The monoisotopic (exact) mass is 294 g/mol. The summed E-state index contributed by atoms with van der Waals surface area (Å²) in [4.78, 5) is 0. The number of allylic oxidation sites excluding steroid dienone is 4. The Hall–Kier alpha value is -0.780. The molecule has 0 radical (unpaired) electrons. The van der Waals surface area contributed by atoms with E-state index in [1.165, 1.54) is 67.2 Å². The Morgan fingerprint density at radius 1 is 0.714 bits per heavy atom. The maximum Gasteiger partial charge on any atom is -0.00758 e. The van der Waals surface area contributed by atoms with Crippen LogP contribution >= 0.6 is 0 Å². The van der Waals surface area contributed by atoms with E-state index in [9.17, 15) is 0 Å². The Bertz CT molecular complexity index is 281. The van der Waals surface area contributed by atoms with Crippen LogP contribution in [0.2, 0.25) is 0 Å². The number of hydrogen-bond donors (Lipinski definition) is 0. The van der Waals surface area contributed by atoms with Crippen molar-refractivity contribution in [3.05, 3.63) is 35.5 Å². The SMILES string of the molecule is C.C=C(C)CC(=C)C(C)=C(C)C.CCCCCCCCC. The fourth-order valence-electron chi connectivity index (χ4n) is 1.88. The summed E-state index contributed by atoms with van der Waals surface area (Å²) in [5.41, 5.74) is 5.03. The van der Waals surface area contributed by atoms with Gasteiger partial charge in [-0.2, -0.15) is 0 Å². The van der Waals surface area contributed by atoms with E-state index in [1.54, 1.807) is 0 Å². The highest BCUT2D eigenvalue weighted by atomic mass is 14.0. The number of unbranched alkanes of at least 4 members (excludes halogenated alkanes) is 6. The Kier molecular flexibility index (Phi) is 20.7. The Morgan fingerprint density at radius 2 is 1.10 bits per heavy atom. The van der Waals surface area contributed by atoms with Gasteiger partial charge in [-0.05, 0) is 45.3 Å². The van der Waals surface area contributed by atoms with Gasteiger partial charge in [0.15, 0.2) is 0 Å². The lowest BCUT2D eigenvalue weighted by atomic mass is 9.99. The van der Waals surface area contributed by atoms with Gasteiger partial charge in [-0.15, -0.1) is 0 Å². The minimum atomic E-state index is 0. The van der Waals surface area contributed by atoms with Gasteiger partial charge in [-0.1, -0.05) is 90.5 Å². The smallest absolute Gasteiger partial charge is 0.00758 e. The van der Waals surface area contributed by atoms with Crippen LogP contribution in [0.1, 0.15) is 100 Å². The van der Waals surface area contributed by atoms with Crippen LogP contribution in [-0.2, 0) is 0 Å². The van der Waals surface area contributed by atoms with Gasteiger partial charge in [0.25, 0.3) is 0 Å². The van der Waals surface area contributed by atoms with E-state index in [2.05, 4.69) is 47.8 Å². The van der Waals surface area contributed by atoms with Crippen molar-refractivity contribution in [1.29, 1.82) is 0 Å². The Morgan fingerprint density at radius 3 is 1.38 bits per heavy atom. The molecule has 0 aliphatic heterocycles. The first-order chi connectivity index (χ1) is 9.36. The maximum absolute atomic E-state index is 4.00. The summed E-state index contributed by atoms with van der Waals surface area (Å²) in [7, 11) is 0. The lowest BCUT2D eigenvalue weighted by Gasteiger charge is -2.07. The van der Waals surface area contributed by atoms with Crippen LogP contribution < -0.4 is 0 Å². The molecule has 0 atom stereocenters. The molecule has 0 bridgehead atoms. The molecule has 0 aromatic heterocycles. The molecule has 0 nitrogen and oxygen atoms in total. The molecule has 0 heterocycles. The number of hydrogen-bond acceptors (Lipinski definition) is 0. The summed E-state index contributed by atoms with van der Waals surface area (Å²) in [6.45, 7) is 20.7. The van der Waals surface area contributed by atoms with Crippen LogP contribution in [0.25, 0.3) is 0 Å². The van der Waals surface area contributed by atoms with Crippen molar-refractivity contribution < 1.29 is 0 Å². The largest absolute Gasteiger partial charge is 0.0998 e. The van der Waals surface area contributed by atoms with Gasteiger partial charge in [0.1, 0.15) is 0 Å². The van der Waals surface area contributed by atoms with Crippen LogP contribution in [-0.4, -0.2) is 0 Å². The zero-order valence-electron chi connectivity index (χ0n) is 15.1. The van der Waals surface area contributed by atoms with Crippen LogP contribution in [0.3, 0.4) is 0 Å². The minimum Gasteiger partial charge on any atom is -0.0998 e. The van der Waals surface area contributed by atoms with Crippen molar-refractivity contribution in [2.75, 3.05) is 0 Å². The Labute approximate surface area is 136 Å². The third-order valence-corrected chi connectivity index (χ3v) is 3.50. The van der Waals surface area contributed by atoms with Gasteiger partial charge >= 0.3 is 0 Å². The van der Waals surface area contributed by atoms with E-state index in [-0.39, 0.29) is 7.43 Å². The molecular formula is C21H42. The van der Waals surface area contributed by atoms with Gasteiger partial charge in [0.05, 0.1) is 0 Å². The van der Waals surface area contributed by atoms with Crippen LogP contribution in [0, 0.1) is 0 Å². The van der Waals surface area contributed by atoms with E-state index in [4.69, 9.17) is 0 Å². The van der Waals surface area contributed by atoms with Crippen molar-refractivity contribution in [2.45, 2.75) is 100 Å². The second-order valence-electron chi connectivity index (χ2n) is 6.13. The van der Waals surface area contributed by atoms with E-state index in [1.807, 2.05) is 6.92 Å². The van der Waals surface area contributed by atoms with Crippen molar-refractivity contribution in [3.8, 4) is 0 Å². The summed E-state index contributed by atoms with van der Waals surface area (Å²) in [6.07, 6.45) is 10.9. The standard InChI is InChI=1S/C11H18.C9H20.CH4/c1-8(2)7-10(5)11(6)9(3)4;1-3-5-7-9-8-6-4-2;/h1,5,7H2,2-4,6H3;3-9H2,1-2H3;1H4. The van der Waals surface area contributed by atoms with Crippen molar-refractivity contribution in [2.24, 2.45) is 0 Å². The molecule has 0 aliphatic carbocycles. The minimum absolute atomic E-state index is 0. The molecular weight excluding hydrogens is 252 g/mol. The zero-order chi connectivity index (χ0) is 16.0. The van der Waals surface area contributed by atoms with Crippen LogP contribution in [0.4, 0.5) is 0 Å². The van der Waals surface area contributed by atoms with Gasteiger partial charge in [-0.25, -0.2) is 0 Å². The average molecular weight is 295 g/mol. The van der Waals surface area contributed by atoms with Crippen LogP contribution in [0.5, 0.6) is 0 Å². The molecule has 0 saturated carbocycles. The fourth-order valence-corrected chi connectivity index (χ4v) is 1.88. The first-order valence-electron chi connectivity index (χ1n) is 8.33. The molecule has 0 aromatic carbocycles. The predicted octanol–water partition coefficient (Wildman–Crippen LogP) is 8.26. The van der Waals surface area contributed by atoms with Gasteiger partial charge in [0, 0.05) is 0 Å². The van der Waals surface area contributed by atoms with E-state index >= 15 is 0 Å². The van der Waals surface area contributed by atoms with Crippen molar-refractivity contribution in [3.63, 3.8) is 0 Å². The second kappa shape index (κ2) is 17.3. The highest BCUT2D eigenvalue weighted by Gasteiger charge is 1.98. The molecule has 0 rings (SSSR count). The summed E-state index contributed by atoms with van der Waals surface area (Å²) in [5, 5.41) is 0. The summed E-state index contributed by atoms with van der Waals surface area (Å²) in [5.74, 6) is 0. The topological polar surface area (TPSA) is 0 Å². The highest BCUT2D eigenvalue weighted by molar-refractivity contribution is 5.32. The average Bonchev–Trinajstić information content (AvgIpc) is 2.37. The molecule has 0 saturated heterocycles. The van der Waals surface area contributed by atoms with Gasteiger partial charge in [0.2, 0.25) is 0 Å². The third kappa shape index (κ3) is 19.2. The summed E-state index contributed by atoms with van der Waals surface area (Å²) >= 11 is 0. The normalized spacial score (nSPS) is 9.05. The molecule has 0 aliphatic rings. The summed E-state index contributed by atoms with van der Waals surface area (Å²) < 4.78 is 0. The first kappa shape index (κ1) is 25.2. The van der Waals surface area contributed by atoms with Crippen molar-refractivity contribution >= 4 is 0 Å². The lowest BCUT2D eigenvalue weighted by molar-refractivity contribution is 0.602. The predicted molar refractivity (Wildman–Crippen MR) is 103 cm³/mol. The van der Waals surface area contributed by atoms with E-state index in [0.29, 0.717) is 0 Å². The van der Waals surface area contributed by atoms with Gasteiger partial charge in [-0.3, -0.25) is 0 Å². The molecule has 21 heavy (non-hydrogen) atoms. The zero-order valence-corrected chi connectivity index (χ0v) is 15.1. The molecule has 0 amide bonds. The molecule has 0 spiro atoms. The first-order valence-corrected chi connectivity index (χ1v) is 8.33. The highest BCUT2D eigenvalue weighted by Crippen LogP contribution is 2.18. The van der Waals surface area contributed by atoms with Crippen molar-refractivity contribution in [1.82, 2.24) is 0 Å². The molecule has 0 aromatic rings. The quantitative estimate of drug-likeness (QED) is 0.228. The molecule has 0 N–H and O–H groups in total. The third-order valence-electron chi connectivity index (χ3n) is 3.50. The molecule has 0 fully saturated rings. The molecule has 126 valence electrons. The lowest BCUT2D eigenvalue weighted by Crippen LogP contribution is -1.87. The molecule has 0 heteroatoms. The fraction of sp³-hybridized carbons (Fsp3) is 0.714. The second-order valence-corrected chi connectivity index (χ2v) is 6.13. The Balaban J connectivity index is -0.000000300. The maximum atomic E-state index is 4.00.